The van der Waals surface area contributed by atoms with Crippen LogP contribution >= 0.6 is 23.1 Å². The Labute approximate surface area is 291 Å². The van der Waals surface area contributed by atoms with Gasteiger partial charge in [0, 0.05) is 68.6 Å². The summed E-state index contributed by atoms with van der Waals surface area (Å²) >= 11 is 3.59. The smallest absolute Gasteiger partial charge is 0.229 e. The number of piperidine rings is 1. The zero-order chi connectivity index (χ0) is 34.0. The molecular weight excluding hydrogens is 693 g/mol. The predicted molar refractivity (Wildman–Crippen MR) is 198 cm³/mol. The molecule has 48 heavy (non-hydrogen) atoms. The van der Waals surface area contributed by atoms with Crippen molar-refractivity contribution in [2.24, 2.45) is 0 Å². The molecule has 0 atom stereocenters. The molecule has 0 unspecified atom stereocenters. The fraction of sp³-hybridized carbons (Fsp3) is 0.441. The Morgan fingerprint density at radius 3 is 2.35 bits per heavy atom. The van der Waals surface area contributed by atoms with E-state index in [4.69, 9.17) is 14.5 Å². The van der Waals surface area contributed by atoms with Crippen LogP contribution < -0.4 is 30.3 Å². The quantitative estimate of drug-likeness (QED) is 0.196. The minimum Gasteiger partial charge on any atom is -0.494 e. The van der Waals surface area contributed by atoms with Gasteiger partial charge in [0.05, 0.1) is 48.1 Å². The number of hydrogen-bond donors (Lipinski definition) is 2. The summed E-state index contributed by atoms with van der Waals surface area (Å²) in [7, 11) is 2.79. The number of nitrogens with zero attached hydrogens (tertiary/aromatic N) is 7. The first-order chi connectivity index (χ1) is 23.0. The summed E-state index contributed by atoms with van der Waals surface area (Å²) in [6.45, 7) is 12.3. The average molecular weight is 739 g/mol. The van der Waals surface area contributed by atoms with E-state index < -0.39 is 7.14 Å². The molecule has 12 nitrogen and oxygen atoms in total. The lowest BCUT2D eigenvalue weighted by atomic mass is 10.0. The first kappa shape index (κ1) is 34.2. The lowest BCUT2D eigenvalue weighted by molar-refractivity contribution is 0.0982. The molecule has 4 heterocycles. The summed E-state index contributed by atoms with van der Waals surface area (Å²) < 4.78 is 26.9. The van der Waals surface area contributed by atoms with Crippen molar-refractivity contribution in [3.8, 4) is 17.2 Å². The van der Waals surface area contributed by atoms with E-state index in [-0.39, 0.29) is 0 Å². The van der Waals surface area contributed by atoms with Crippen LogP contribution in [-0.2, 0) is 4.57 Å². The van der Waals surface area contributed by atoms with Gasteiger partial charge in [0.1, 0.15) is 18.7 Å². The van der Waals surface area contributed by atoms with Gasteiger partial charge >= 0.3 is 0 Å². The zero-order valence-electron chi connectivity index (χ0n) is 28.5. The van der Waals surface area contributed by atoms with Gasteiger partial charge in [-0.05, 0) is 85.9 Å². The summed E-state index contributed by atoms with van der Waals surface area (Å²) in [5.41, 5.74) is 4.60. The van der Waals surface area contributed by atoms with Crippen LogP contribution in [0.4, 0.5) is 28.8 Å². The summed E-state index contributed by atoms with van der Waals surface area (Å²) in [6.07, 6.45) is 7.44. The van der Waals surface area contributed by atoms with Gasteiger partial charge in [0.25, 0.3) is 0 Å². The predicted octanol–water partition coefficient (Wildman–Crippen LogP) is 5.70. The summed E-state index contributed by atoms with van der Waals surface area (Å²) in [6, 6.07) is 10.6. The van der Waals surface area contributed by atoms with E-state index >= 15 is 0 Å². The van der Waals surface area contributed by atoms with Crippen molar-refractivity contribution in [3.05, 3.63) is 59.0 Å². The number of rotatable bonds is 10. The van der Waals surface area contributed by atoms with E-state index in [9.17, 15) is 4.57 Å². The van der Waals surface area contributed by atoms with Crippen LogP contribution in [-0.4, -0.2) is 109 Å². The molecule has 2 aliphatic rings. The summed E-state index contributed by atoms with van der Waals surface area (Å²) in [4.78, 5) is 16.9. The fourth-order valence-electron chi connectivity index (χ4n) is 6.47. The number of aryl methyl sites for hydroxylation is 1. The molecule has 0 bridgehead atoms. The second-order valence-electron chi connectivity index (χ2n) is 12.9. The molecule has 2 aromatic heterocycles. The Hall–Kier alpha value is -3.64. The molecule has 2 fully saturated rings. The molecule has 0 radical (unpaired) electrons. The van der Waals surface area contributed by atoms with Gasteiger partial charge in [0.15, 0.2) is 5.75 Å². The SMILES string of the molecule is COc1cnn(-c2ccc(Nc3nc(Nc4cc(C)c(N5CCC(N6CCN(C)CC6)CC5)cc4OC)ncc3Br)c(P(C)(C)=O)c2)c1. The number of benzene rings is 2. The normalized spacial score (nSPS) is 16.6. The van der Waals surface area contributed by atoms with Crippen LogP contribution in [0.3, 0.4) is 0 Å². The summed E-state index contributed by atoms with van der Waals surface area (Å²) in [5, 5.41) is 11.8. The van der Waals surface area contributed by atoms with E-state index in [2.05, 4.69) is 77.5 Å². The highest BCUT2D eigenvalue weighted by Gasteiger charge is 2.28. The highest BCUT2D eigenvalue weighted by Crippen LogP contribution is 2.40. The molecule has 2 aliphatic heterocycles. The second kappa shape index (κ2) is 14.5. The number of ether oxygens (including phenoxy) is 2. The Morgan fingerprint density at radius 2 is 1.69 bits per heavy atom. The third kappa shape index (κ3) is 7.64. The van der Waals surface area contributed by atoms with Crippen molar-refractivity contribution in [2.75, 3.05) is 89.4 Å². The third-order valence-electron chi connectivity index (χ3n) is 9.24. The van der Waals surface area contributed by atoms with Gasteiger partial charge in [-0.2, -0.15) is 10.1 Å². The topological polar surface area (TPSA) is 113 Å². The van der Waals surface area contributed by atoms with E-state index in [1.54, 1.807) is 50.8 Å². The van der Waals surface area contributed by atoms with Crippen molar-refractivity contribution in [1.82, 2.24) is 29.5 Å². The molecule has 14 heteroatoms. The second-order valence-corrected chi connectivity index (χ2v) is 17.0. The molecule has 2 saturated heterocycles. The Bertz CT molecular complexity index is 1800. The van der Waals surface area contributed by atoms with Crippen LogP contribution in [0.1, 0.15) is 18.4 Å². The first-order valence-corrected chi connectivity index (χ1v) is 19.6. The highest BCUT2D eigenvalue weighted by molar-refractivity contribution is 9.10. The number of anilines is 5. The number of piperazine rings is 1. The fourth-order valence-corrected chi connectivity index (χ4v) is 7.92. The molecule has 0 spiro atoms. The molecule has 0 aliphatic carbocycles. The van der Waals surface area contributed by atoms with Crippen molar-refractivity contribution in [2.45, 2.75) is 25.8 Å². The molecule has 2 N–H and O–H groups in total. The molecule has 256 valence electrons. The van der Waals surface area contributed by atoms with Crippen LogP contribution in [0.2, 0.25) is 0 Å². The number of methoxy groups -OCH3 is 2. The highest BCUT2D eigenvalue weighted by atomic mass is 79.9. The number of nitrogens with one attached hydrogen (secondary N) is 2. The minimum absolute atomic E-state index is 0.400. The number of likely N-dealkylation sites (N-methyl/N-ethyl adjacent to an activating group) is 1. The lowest BCUT2D eigenvalue weighted by Gasteiger charge is -2.43. The van der Waals surface area contributed by atoms with Gasteiger partial charge in [0.2, 0.25) is 5.95 Å². The molecule has 0 amide bonds. The Balaban J connectivity index is 1.19. The zero-order valence-corrected chi connectivity index (χ0v) is 31.0. The molecule has 6 rings (SSSR count). The molecule has 4 aromatic rings. The van der Waals surface area contributed by atoms with Crippen LogP contribution in [0.25, 0.3) is 5.69 Å². The van der Waals surface area contributed by atoms with Gasteiger partial charge in [-0.1, -0.05) is 0 Å². The van der Waals surface area contributed by atoms with E-state index in [1.807, 2.05) is 18.2 Å². The van der Waals surface area contributed by atoms with Gasteiger partial charge in [-0.15, -0.1) is 0 Å². The minimum atomic E-state index is -2.70. The van der Waals surface area contributed by atoms with Crippen molar-refractivity contribution in [3.63, 3.8) is 0 Å². The molecule has 2 aromatic carbocycles. The summed E-state index contributed by atoms with van der Waals surface area (Å²) in [5.74, 6) is 2.30. The largest absolute Gasteiger partial charge is 0.494 e. The Kier molecular flexibility index (Phi) is 10.3. The van der Waals surface area contributed by atoms with Gasteiger partial charge in [-0.3, -0.25) is 4.90 Å². The average Bonchev–Trinajstić information content (AvgIpc) is 3.56. The molecular formula is C34H45BrN9O3P. The maximum Gasteiger partial charge on any atom is 0.229 e. The third-order valence-corrected chi connectivity index (χ3v) is 11.4. The van der Waals surface area contributed by atoms with Crippen LogP contribution in [0.15, 0.2) is 53.4 Å². The van der Waals surface area contributed by atoms with Gasteiger partial charge in [-0.25, -0.2) is 9.67 Å². The van der Waals surface area contributed by atoms with Crippen LogP contribution in [0.5, 0.6) is 11.5 Å². The lowest BCUT2D eigenvalue weighted by Crippen LogP contribution is -2.52. The first-order valence-electron chi connectivity index (χ1n) is 16.2. The Morgan fingerprint density at radius 1 is 0.938 bits per heavy atom. The van der Waals surface area contributed by atoms with Gasteiger partial charge < -0.3 is 34.5 Å². The maximum absolute atomic E-state index is 13.4. The molecule has 0 saturated carbocycles. The number of aromatic nitrogens is 4. The van der Waals surface area contributed by atoms with Crippen molar-refractivity contribution < 1.29 is 14.0 Å². The van der Waals surface area contributed by atoms with Crippen molar-refractivity contribution in [1.29, 1.82) is 0 Å². The van der Waals surface area contributed by atoms with E-state index in [0.29, 0.717) is 39.0 Å². The standard InChI is InChI=1S/C34H45BrN9O3P/c1-23-17-29(31(47-4)19-30(23)43-11-9-24(10-12-43)42-15-13-41(2)14-16-42)39-34-36-21-27(35)33(40-34)38-28-8-7-25(18-32(28)48(5,6)45)44-22-26(46-3)20-37-44/h7-8,17-22,24H,9-16H2,1-6H3,(H2,36,38,39,40). The van der Waals surface area contributed by atoms with E-state index in [0.717, 1.165) is 62.0 Å². The van der Waals surface area contributed by atoms with E-state index in [1.165, 1.54) is 18.5 Å². The maximum atomic E-state index is 13.4. The number of halogens is 1. The number of hydrogen-bond acceptors (Lipinski definition) is 11. The monoisotopic (exact) mass is 737 g/mol. The van der Waals surface area contributed by atoms with Crippen LogP contribution in [0, 0.1) is 6.92 Å². The van der Waals surface area contributed by atoms with Crippen molar-refractivity contribution >= 4 is 57.2 Å².